The number of hydrogen-bond donors (Lipinski definition) is 1. The van der Waals surface area contributed by atoms with Crippen molar-refractivity contribution in [3.05, 3.63) is 24.3 Å². The molecule has 0 saturated carbocycles. The van der Waals surface area contributed by atoms with E-state index in [2.05, 4.69) is 6.58 Å². The predicted octanol–water partition coefficient (Wildman–Crippen LogP) is 2.23. The maximum absolute atomic E-state index is 10.3. The molecule has 0 amide bonds. The molecule has 2 nitrogen and oxygen atoms in total. The molecule has 0 bridgehead atoms. The van der Waals surface area contributed by atoms with E-state index in [4.69, 9.17) is 5.11 Å². The van der Waals surface area contributed by atoms with Crippen molar-refractivity contribution >= 4 is 5.97 Å². The van der Waals surface area contributed by atoms with Crippen LogP contribution in [0.15, 0.2) is 24.3 Å². The topological polar surface area (TPSA) is 37.3 Å². The van der Waals surface area contributed by atoms with E-state index < -0.39 is 5.97 Å². The second-order valence-electron chi connectivity index (χ2n) is 3.53. The summed E-state index contributed by atoms with van der Waals surface area (Å²) in [6.45, 7) is 9.37. The average molecular weight is 154 g/mol. The van der Waals surface area contributed by atoms with Gasteiger partial charge >= 0.3 is 5.97 Å². The molecule has 0 rings (SSSR count). The molecule has 0 aliphatic rings. The zero-order chi connectivity index (χ0) is 9.07. The average Bonchev–Trinajstić information content (AvgIpc) is 1.80. The number of carbonyl (C=O) groups is 1. The predicted molar refractivity (Wildman–Crippen MR) is 45.4 cm³/mol. The molecule has 0 aromatic heterocycles. The molecule has 0 aliphatic carbocycles. The maximum atomic E-state index is 10.3. The summed E-state index contributed by atoms with van der Waals surface area (Å²) in [5.41, 5.74) is 0.137. The third-order valence-electron chi connectivity index (χ3n) is 1.06. The Hall–Kier alpha value is -1.05. The molecule has 0 atom stereocenters. The zero-order valence-electron chi connectivity index (χ0n) is 7.22. The van der Waals surface area contributed by atoms with Gasteiger partial charge in [0, 0.05) is 0 Å². The molecule has 0 saturated heterocycles. The molecule has 0 unspecified atom stereocenters. The highest BCUT2D eigenvalue weighted by Gasteiger charge is 2.05. The van der Waals surface area contributed by atoms with E-state index in [0.29, 0.717) is 0 Å². The first-order chi connectivity index (χ1) is 4.83. The molecule has 0 fully saturated rings. The monoisotopic (exact) mass is 154 g/mol. The minimum absolute atomic E-state index is 0.0123. The van der Waals surface area contributed by atoms with Gasteiger partial charge in [-0.2, -0.15) is 0 Å². The maximum Gasteiger partial charge on any atom is 0.335 e. The number of allylic oxidation sites excluding steroid dienone is 1. The molecule has 62 valence electrons. The minimum atomic E-state index is -0.967. The Balaban J connectivity index is 4.16. The summed E-state index contributed by atoms with van der Waals surface area (Å²) in [6, 6.07) is 0. The minimum Gasteiger partial charge on any atom is -0.478 e. The quantitative estimate of drug-likeness (QED) is 0.489. The molecule has 1 N–H and O–H groups in total. The van der Waals surface area contributed by atoms with Crippen LogP contribution < -0.4 is 0 Å². The first kappa shape index (κ1) is 9.95. The fourth-order valence-corrected chi connectivity index (χ4v) is 0.422. The van der Waals surface area contributed by atoms with E-state index in [1.165, 1.54) is 6.08 Å². The normalized spacial score (nSPS) is 11.9. The number of aliphatic carboxylic acids is 1. The van der Waals surface area contributed by atoms with Gasteiger partial charge in [0.05, 0.1) is 5.57 Å². The molecule has 0 radical (unpaired) electrons. The van der Waals surface area contributed by atoms with E-state index in [1.54, 1.807) is 0 Å². The highest BCUT2D eigenvalue weighted by atomic mass is 16.4. The van der Waals surface area contributed by atoms with Crippen LogP contribution in [0, 0.1) is 5.41 Å². The van der Waals surface area contributed by atoms with Gasteiger partial charge in [0.15, 0.2) is 0 Å². The molecular weight excluding hydrogens is 140 g/mol. The highest BCUT2D eigenvalue weighted by molar-refractivity contribution is 5.88. The fraction of sp³-hybridized carbons (Fsp3) is 0.444. The van der Waals surface area contributed by atoms with Gasteiger partial charge in [-0.3, -0.25) is 0 Å². The molecular formula is C9H14O2. The van der Waals surface area contributed by atoms with Gasteiger partial charge in [-0.15, -0.1) is 0 Å². The van der Waals surface area contributed by atoms with E-state index in [1.807, 2.05) is 26.8 Å². The van der Waals surface area contributed by atoms with E-state index >= 15 is 0 Å². The molecule has 0 aromatic rings. The Kier molecular flexibility index (Phi) is 3.05. The van der Waals surface area contributed by atoms with Gasteiger partial charge < -0.3 is 5.11 Å². The number of carboxylic acids is 1. The number of rotatable bonds is 2. The fourth-order valence-electron chi connectivity index (χ4n) is 0.422. The smallest absolute Gasteiger partial charge is 0.335 e. The molecule has 2 heteroatoms. The Bertz CT molecular complexity index is 194. The third-order valence-corrected chi connectivity index (χ3v) is 1.06. The lowest BCUT2D eigenvalue weighted by Crippen LogP contribution is -2.01. The summed E-state index contributed by atoms with van der Waals surface area (Å²) < 4.78 is 0. The van der Waals surface area contributed by atoms with Crippen molar-refractivity contribution < 1.29 is 9.90 Å². The summed E-state index contributed by atoms with van der Waals surface area (Å²) in [6.07, 6.45) is 3.35. The summed E-state index contributed by atoms with van der Waals surface area (Å²) in [4.78, 5) is 10.3. The van der Waals surface area contributed by atoms with E-state index in [0.717, 1.165) is 0 Å². The SMILES string of the molecule is C=C(/C=C/C(C)(C)C)C(=O)O. The zero-order valence-corrected chi connectivity index (χ0v) is 7.22. The van der Waals surface area contributed by atoms with Gasteiger partial charge in [-0.05, 0) is 5.41 Å². The lowest BCUT2D eigenvalue weighted by atomic mass is 9.95. The van der Waals surface area contributed by atoms with Crippen LogP contribution in [-0.2, 0) is 4.79 Å². The molecule has 11 heavy (non-hydrogen) atoms. The highest BCUT2D eigenvalue weighted by Crippen LogP contribution is 2.15. The van der Waals surface area contributed by atoms with Crippen LogP contribution in [0.5, 0.6) is 0 Å². The Morgan fingerprint density at radius 3 is 2.18 bits per heavy atom. The van der Waals surface area contributed by atoms with E-state index in [9.17, 15) is 4.79 Å². The van der Waals surface area contributed by atoms with Gasteiger partial charge in [0.1, 0.15) is 0 Å². The lowest BCUT2D eigenvalue weighted by molar-refractivity contribution is -0.132. The van der Waals surface area contributed by atoms with Crippen LogP contribution in [0.2, 0.25) is 0 Å². The second kappa shape index (κ2) is 3.37. The van der Waals surface area contributed by atoms with Crippen molar-refractivity contribution in [2.75, 3.05) is 0 Å². The van der Waals surface area contributed by atoms with Crippen molar-refractivity contribution in [3.8, 4) is 0 Å². The van der Waals surface area contributed by atoms with Crippen molar-refractivity contribution in [2.45, 2.75) is 20.8 Å². The lowest BCUT2D eigenvalue weighted by Gasteiger charge is -2.10. The van der Waals surface area contributed by atoms with Crippen LogP contribution in [-0.4, -0.2) is 11.1 Å². The first-order valence-electron chi connectivity index (χ1n) is 3.44. The van der Waals surface area contributed by atoms with Crippen LogP contribution in [0.3, 0.4) is 0 Å². The number of carboxylic acid groups (broad SMARTS) is 1. The van der Waals surface area contributed by atoms with Crippen LogP contribution in [0.25, 0.3) is 0 Å². The van der Waals surface area contributed by atoms with Crippen molar-refractivity contribution in [1.82, 2.24) is 0 Å². The Labute approximate surface area is 67.2 Å². The first-order valence-corrected chi connectivity index (χ1v) is 3.44. The van der Waals surface area contributed by atoms with Crippen molar-refractivity contribution in [1.29, 1.82) is 0 Å². The molecule has 0 aromatic carbocycles. The summed E-state index contributed by atoms with van der Waals surface area (Å²) >= 11 is 0. The van der Waals surface area contributed by atoms with Gasteiger partial charge in [-0.25, -0.2) is 4.79 Å². The van der Waals surface area contributed by atoms with Gasteiger partial charge in [-0.1, -0.05) is 39.5 Å². The Morgan fingerprint density at radius 1 is 1.45 bits per heavy atom. The van der Waals surface area contributed by atoms with E-state index in [-0.39, 0.29) is 11.0 Å². The standard InChI is InChI=1S/C9H14O2/c1-7(8(10)11)5-6-9(2,3)4/h5-6H,1H2,2-4H3,(H,10,11)/b6-5+. The van der Waals surface area contributed by atoms with Crippen LogP contribution in [0.1, 0.15) is 20.8 Å². The van der Waals surface area contributed by atoms with Gasteiger partial charge in [0.25, 0.3) is 0 Å². The van der Waals surface area contributed by atoms with Crippen LogP contribution >= 0.6 is 0 Å². The summed E-state index contributed by atoms with van der Waals surface area (Å²) in [7, 11) is 0. The summed E-state index contributed by atoms with van der Waals surface area (Å²) in [5, 5.41) is 8.43. The number of hydrogen-bond acceptors (Lipinski definition) is 1. The third kappa shape index (κ3) is 5.40. The molecule has 0 spiro atoms. The molecule has 0 heterocycles. The van der Waals surface area contributed by atoms with Crippen molar-refractivity contribution in [2.24, 2.45) is 5.41 Å². The van der Waals surface area contributed by atoms with Crippen molar-refractivity contribution in [3.63, 3.8) is 0 Å². The second-order valence-corrected chi connectivity index (χ2v) is 3.53. The van der Waals surface area contributed by atoms with Gasteiger partial charge in [0.2, 0.25) is 0 Å². The summed E-state index contributed by atoms with van der Waals surface area (Å²) in [5.74, 6) is -0.967. The molecule has 0 aliphatic heterocycles. The largest absolute Gasteiger partial charge is 0.478 e. The Morgan fingerprint density at radius 2 is 1.91 bits per heavy atom. The van der Waals surface area contributed by atoms with Crippen LogP contribution in [0.4, 0.5) is 0 Å².